The highest BCUT2D eigenvalue weighted by Crippen LogP contribution is 2.32. The highest BCUT2D eigenvalue weighted by Gasteiger charge is 2.39. The van der Waals surface area contributed by atoms with Crippen LogP contribution in [-0.4, -0.2) is 38.3 Å². The third-order valence-electron chi connectivity index (χ3n) is 4.87. The highest BCUT2D eigenvalue weighted by atomic mass is 32.1. The van der Waals surface area contributed by atoms with Crippen molar-refractivity contribution >= 4 is 39.1 Å². The molecule has 2 aliphatic rings. The Morgan fingerprint density at radius 3 is 3.00 bits per heavy atom. The summed E-state index contributed by atoms with van der Waals surface area (Å²) >= 11 is 1.64. The predicted molar refractivity (Wildman–Crippen MR) is 96.0 cm³/mol. The quantitative estimate of drug-likeness (QED) is 0.583. The molecule has 0 unspecified atom stereocenters. The number of aromatic amines is 1. The molecule has 2 aliphatic heterocycles. The normalized spacial score (nSPS) is 25.5. The van der Waals surface area contributed by atoms with Gasteiger partial charge in [0.25, 0.3) is 0 Å². The molecule has 0 aliphatic carbocycles. The Bertz CT molecular complexity index is 886. The molecule has 5 heterocycles. The lowest BCUT2D eigenvalue weighted by Crippen LogP contribution is -2.34. The summed E-state index contributed by atoms with van der Waals surface area (Å²) in [5.74, 6) is 2.27. The Kier molecular flexibility index (Phi) is 3.20. The SMILES string of the molecule is Cc1cc(Nc2nc(N[C@H]3C[C@@H]4CC[C@@H]3N4)nc3ccsc23)n[nH]1. The third-order valence-corrected chi connectivity index (χ3v) is 5.78. The van der Waals surface area contributed by atoms with Crippen LogP contribution in [-0.2, 0) is 0 Å². The monoisotopic (exact) mass is 341 g/mol. The number of aromatic nitrogens is 4. The van der Waals surface area contributed by atoms with Crippen molar-refractivity contribution in [1.29, 1.82) is 0 Å². The summed E-state index contributed by atoms with van der Waals surface area (Å²) in [5, 5.41) is 19.7. The fourth-order valence-corrected chi connectivity index (χ4v) is 4.54. The average Bonchev–Trinajstić information content (AvgIpc) is 3.31. The number of anilines is 3. The molecule has 0 spiro atoms. The van der Waals surface area contributed by atoms with Crippen LogP contribution in [0.1, 0.15) is 25.0 Å². The Morgan fingerprint density at radius 2 is 2.25 bits per heavy atom. The van der Waals surface area contributed by atoms with E-state index in [2.05, 4.69) is 31.1 Å². The number of nitrogens with one attached hydrogen (secondary N) is 4. The largest absolute Gasteiger partial charge is 0.350 e. The Morgan fingerprint density at radius 1 is 1.29 bits per heavy atom. The van der Waals surface area contributed by atoms with Gasteiger partial charge in [-0.2, -0.15) is 10.1 Å². The lowest BCUT2D eigenvalue weighted by molar-refractivity contribution is 0.525. The van der Waals surface area contributed by atoms with Crippen molar-refractivity contribution in [3.8, 4) is 0 Å². The van der Waals surface area contributed by atoms with E-state index in [1.165, 1.54) is 12.8 Å². The van der Waals surface area contributed by atoms with Gasteiger partial charge < -0.3 is 16.0 Å². The first-order valence-corrected chi connectivity index (χ1v) is 9.19. The highest BCUT2D eigenvalue weighted by molar-refractivity contribution is 7.17. The molecule has 0 radical (unpaired) electrons. The van der Waals surface area contributed by atoms with Gasteiger partial charge in [0, 0.05) is 29.9 Å². The van der Waals surface area contributed by atoms with Gasteiger partial charge in [-0.25, -0.2) is 4.98 Å². The second kappa shape index (κ2) is 5.42. The van der Waals surface area contributed by atoms with E-state index in [9.17, 15) is 0 Å². The van der Waals surface area contributed by atoms with E-state index >= 15 is 0 Å². The zero-order chi connectivity index (χ0) is 16.1. The Hall–Kier alpha value is -2.19. The maximum atomic E-state index is 4.72. The molecular formula is C16H19N7S. The summed E-state index contributed by atoms with van der Waals surface area (Å²) in [5.41, 5.74) is 1.98. The first kappa shape index (κ1) is 14.2. The van der Waals surface area contributed by atoms with Crippen LogP contribution in [0.3, 0.4) is 0 Å². The summed E-state index contributed by atoms with van der Waals surface area (Å²) in [7, 11) is 0. The van der Waals surface area contributed by atoms with E-state index < -0.39 is 0 Å². The molecule has 24 heavy (non-hydrogen) atoms. The maximum absolute atomic E-state index is 4.72. The van der Waals surface area contributed by atoms with Gasteiger partial charge >= 0.3 is 0 Å². The number of hydrogen-bond donors (Lipinski definition) is 4. The molecule has 0 aromatic carbocycles. The van der Waals surface area contributed by atoms with Crippen LogP contribution in [0.2, 0.25) is 0 Å². The molecule has 124 valence electrons. The summed E-state index contributed by atoms with van der Waals surface area (Å²) in [6.07, 6.45) is 3.68. The van der Waals surface area contributed by atoms with E-state index in [-0.39, 0.29) is 0 Å². The minimum absolute atomic E-state index is 0.417. The second-order valence-corrected chi connectivity index (χ2v) is 7.54. The van der Waals surface area contributed by atoms with Crippen molar-refractivity contribution in [2.75, 3.05) is 10.6 Å². The minimum Gasteiger partial charge on any atom is -0.350 e. The van der Waals surface area contributed by atoms with Crippen LogP contribution in [0.15, 0.2) is 17.5 Å². The third kappa shape index (κ3) is 2.42. The number of hydrogen-bond acceptors (Lipinski definition) is 7. The molecular weight excluding hydrogens is 322 g/mol. The van der Waals surface area contributed by atoms with Crippen molar-refractivity contribution in [3.63, 3.8) is 0 Å². The number of H-pyrrole nitrogens is 1. The van der Waals surface area contributed by atoms with Crippen LogP contribution in [0, 0.1) is 6.92 Å². The molecule has 3 aromatic rings. The van der Waals surface area contributed by atoms with Crippen molar-refractivity contribution in [3.05, 3.63) is 23.2 Å². The lowest BCUT2D eigenvalue weighted by Gasteiger charge is -2.21. The first-order chi connectivity index (χ1) is 11.7. The van der Waals surface area contributed by atoms with Gasteiger partial charge in [-0.15, -0.1) is 11.3 Å². The number of thiophene rings is 1. The van der Waals surface area contributed by atoms with E-state index in [0.717, 1.165) is 34.0 Å². The number of fused-ring (bicyclic) bond motifs is 3. The van der Waals surface area contributed by atoms with E-state index in [1.807, 2.05) is 24.4 Å². The molecule has 8 heteroatoms. The standard InChI is InChI=1S/C16H19N7S/c1-8-6-13(23-22-8)20-15-14-11(4-5-24-14)18-16(21-15)19-12-7-9-2-3-10(12)17-9/h4-6,9-10,12,17H,2-3,7H2,1H3,(H3,18,19,20,21,22,23)/t9-,10-,12-/m0/s1. The van der Waals surface area contributed by atoms with Crippen molar-refractivity contribution in [2.24, 2.45) is 0 Å². The van der Waals surface area contributed by atoms with Crippen molar-refractivity contribution in [1.82, 2.24) is 25.5 Å². The van der Waals surface area contributed by atoms with Gasteiger partial charge in [-0.3, -0.25) is 5.10 Å². The second-order valence-electron chi connectivity index (χ2n) is 6.63. The van der Waals surface area contributed by atoms with Gasteiger partial charge in [-0.1, -0.05) is 0 Å². The van der Waals surface area contributed by atoms with E-state index in [4.69, 9.17) is 4.98 Å². The molecule has 5 rings (SSSR count). The van der Waals surface area contributed by atoms with Gasteiger partial charge in [0.2, 0.25) is 5.95 Å². The Labute approximate surface area is 143 Å². The predicted octanol–water partition coefficient (Wildman–Crippen LogP) is 2.77. The molecule has 2 saturated heterocycles. The number of rotatable bonds is 4. The topological polar surface area (TPSA) is 90.6 Å². The fourth-order valence-electron chi connectivity index (χ4n) is 3.77. The zero-order valence-corrected chi connectivity index (χ0v) is 14.2. The number of aryl methyl sites for hydroxylation is 1. The zero-order valence-electron chi connectivity index (χ0n) is 13.3. The molecule has 3 atom stereocenters. The summed E-state index contributed by atoms with van der Waals surface area (Å²) in [6.45, 7) is 1.98. The maximum Gasteiger partial charge on any atom is 0.225 e. The van der Waals surface area contributed by atoms with Gasteiger partial charge in [0.05, 0.1) is 10.2 Å². The van der Waals surface area contributed by atoms with Crippen LogP contribution in [0.25, 0.3) is 10.2 Å². The van der Waals surface area contributed by atoms with Crippen molar-refractivity contribution < 1.29 is 0 Å². The molecule has 7 nitrogen and oxygen atoms in total. The van der Waals surface area contributed by atoms with Gasteiger partial charge in [-0.05, 0) is 37.6 Å². The van der Waals surface area contributed by atoms with Crippen LogP contribution < -0.4 is 16.0 Å². The number of nitrogens with zero attached hydrogens (tertiary/aromatic N) is 3. The molecule has 2 fully saturated rings. The summed E-state index contributed by atoms with van der Waals surface area (Å²) < 4.78 is 1.05. The fraction of sp³-hybridized carbons (Fsp3) is 0.438. The molecule has 3 aromatic heterocycles. The van der Waals surface area contributed by atoms with Crippen LogP contribution >= 0.6 is 11.3 Å². The summed E-state index contributed by atoms with van der Waals surface area (Å²) in [6, 6.07) is 5.62. The van der Waals surface area contributed by atoms with E-state index in [0.29, 0.717) is 24.1 Å². The molecule has 0 saturated carbocycles. The smallest absolute Gasteiger partial charge is 0.225 e. The van der Waals surface area contributed by atoms with Gasteiger partial charge in [0.1, 0.15) is 0 Å². The van der Waals surface area contributed by atoms with Gasteiger partial charge in [0.15, 0.2) is 11.6 Å². The van der Waals surface area contributed by atoms with E-state index in [1.54, 1.807) is 11.3 Å². The molecule has 4 N–H and O–H groups in total. The van der Waals surface area contributed by atoms with Crippen LogP contribution in [0.5, 0.6) is 0 Å². The Balaban J connectivity index is 1.46. The first-order valence-electron chi connectivity index (χ1n) is 8.31. The minimum atomic E-state index is 0.417. The summed E-state index contributed by atoms with van der Waals surface area (Å²) in [4.78, 5) is 9.40. The molecule has 0 amide bonds. The van der Waals surface area contributed by atoms with Crippen LogP contribution in [0.4, 0.5) is 17.6 Å². The molecule has 2 bridgehead atoms. The van der Waals surface area contributed by atoms with Crippen molar-refractivity contribution in [2.45, 2.75) is 44.3 Å². The lowest BCUT2D eigenvalue weighted by atomic mass is 9.96. The average molecular weight is 341 g/mol.